The van der Waals surface area contributed by atoms with Gasteiger partial charge in [-0.05, 0) is 44.4 Å². The molecule has 0 spiro atoms. The molecule has 2 aromatic heterocycles. The monoisotopic (exact) mass is 651 g/mol. The number of aromatic nitrogens is 2. The minimum Gasteiger partial charge on any atom is -0.305 e. The molecule has 0 atom stereocenters. The smallest absolute Gasteiger partial charge is 0.0245 e. The SMILES string of the molecule is [Ir].[c-]1ccccc1-c1cc2c3ccccc3c3ccccc3c2cn1.[c-]1ccccc1-c1ccccn1. The van der Waals surface area contributed by atoms with Crippen LogP contribution in [-0.4, -0.2) is 9.97 Å². The zero-order valence-electron chi connectivity index (χ0n) is 19.9. The van der Waals surface area contributed by atoms with E-state index in [1.54, 1.807) is 6.20 Å². The van der Waals surface area contributed by atoms with Gasteiger partial charge >= 0.3 is 0 Å². The topological polar surface area (TPSA) is 25.8 Å². The molecule has 0 fully saturated rings. The van der Waals surface area contributed by atoms with Crippen LogP contribution in [0.2, 0.25) is 0 Å². The van der Waals surface area contributed by atoms with Crippen LogP contribution in [-0.2, 0) is 20.1 Å². The summed E-state index contributed by atoms with van der Waals surface area (Å²) in [6.45, 7) is 0. The van der Waals surface area contributed by atoms with E-state index in [9.17, 15) is 0 Å². The van der Waals surface area contributed by atoms with Gasteiger partial charge in [-0.15, -0.1) is 71.8 Å². The number of nitrogens with zero attached hydrogens (tertiary/aromatic N) is 2. The van der Waals surface area contributed by atoms with Crippen molar-refractivity contribution in [3.8, 4) is 22.5 Å². The molecule has 37 heavy (non-hydrogen) atoms. The van der Waals surface area contributed by atoms with E-state index in [4.69, 9.17) is 4.98 Å². The number of benzene rings is 5. The summed E-state index contributed by atoms with van der Waals surface area (Å²) in [5.74, 6) is 0. The fraction of sp³-hybridized carbons (Fsp3) is 0. The maximum atomic E-state index is 4.70. The van der Waals surface area contributed by atoms with Crippen molar-refractivity contribution in [2.24, 2.45) is 0 Å². The zero-order chi connectivity index (χ0) is 24.2. The Labute approximate surface area is 230 Å². The Morgan fingerprint density at radius 2 is 0.946 bits per heavy atom. The third-order valence-corrected chi connectivity index (χ3v) is 6.26. The first-order valence-corrected chi connectivity index (χ1v) is 11.9. The minimum atomic E-state index is 0. The zero-order valence-corrected chi connectivity index (χ0v) is 22.3. The Kier molecular flexibility index (Phi) is 7.46. The molecule has 0 aliphatic carbocycles. The van der Waals surface area contributed by atoms with Crippen LogP contribution in [0, 0.1) is 12.1 Å². The number of rotatable bonds is 2. The molecule has 1 radical (unpaired) electrons. The van der Waals surface area contributed by atoms with Gasteiger partial charge in [0.15, 0.2) is 0 Å². The summed E-state index contributed by atoms with van der Waals surface area (Å²) in [7, 11) is 0. The van der Waals surface area contributed by atoms with Gasteiger partial charge in [0, 0.05) is 37.9 Å². The van der Waals surface area contributed by atoms with E-state index < -0.39 is 0 Å². The maximum Gasteiger partial charge on any atom is 0.0245 e. The van der Waals surface area contributed by atoms with E-state index in [0.29, 0.717) is 0 Å². The first-order chi connectivity index (χ1) is 17.9. The van der Waals surface area contributed by atoms with Crippen LogP contribution in [0.15, 0.2) is 134 Å². The molecular weight excluding hydrogens is 629 g/mol. The van der Waals surface area contributed by atoms with Gasteiger partial charge in [-0.2, -0.15) is 0 Å². The molecule has 0 N–H and O–H groups in total. The van der Waals surface area contributed by atoms with Crippen LogP contribution in [0.25, 0.3) is 54.8 Å². The number of fused-ring (bicyclic) bond motifs is 6. The predicted molar refractivity (Wildman–Crippen MR) is 150 cm³/mol. The van der Waals surface area contributed by atoms with E-state index in [-0.39, 0.29) is 20.1 Å². The average Bonchev–Trinajstić information content (AvgIpc) is 2.99. The number of hydrogen-bond donors (Lipinski definition) is 0. The third kappa shape index (κ3) is 5.06. The Balaban J connectivity index is 0.000000183. The summed E-state index contributed by atoms with van der Waals surface area (Å²) >= 11 is 0. The molecule has 0 saturated carbocycles. The fourth-order valence-corrected chi connectivity index (χ4v) is 4.57. The average molecular weight is 651 g/mol. The van der Waals surface area contributed by atoms with Crippen LogP contribution in [0.5, 0.6) is 0 Å². The van der Waals surface area contributed by atoms with Gasteiger partial charge in [0.05, 0.1) is 0 Å². The third-order valence-electron chi connectivity index (χ3n) is 6.26. The summed E-state index contributed by atoms with van der Waals surface area (Å²) in [4.78, 5) is 8.92. The van der Waals surface area contributed by atoms with Crippen molar-refractivity contribution in [2.45, 2.75) is 0 Å². The molecule has 2 heterocycles. The van der Waals surface area contributed by atoms with Crippen molar-refractivity contribution in [2.75, 3.05) is 0 Å². The predicted octanol–water partition coefficient (Wildman–Crippen LogP) is 8.55. The first-order valence-electron chi connectivity index (χ1n) is 11.9. The van der Waals surface area contributed by atoms with Gasteiger partial charge < -0.3 is 9.97 Å². The second-order valence-corrected chi connectivity index (χ2v) is 8.47. The molecule has 0 amide bonds. The van der Waals surface area contributed by atoms with Crippen molar-refractivity contribution in [1.29, 1.82) is 0 Å². The Hall–Kier alpha value is -4.17. The Morgan fingerprint density at radius 1 is 0.432 bits per heavy atom. The fourth-order valence-electron chi connectivity index (χ4n) is 4.57. The van der Waals surface area contributed by atoms with Gasteiger partial charge in [-0.25, -0.2) is 0 Å². The standard InChI is InChI=1S/C23H14N.C11H8N.Ir/c1-2-8-16(9-3-1)23-14-21-19-12-6-4-10-17(19)18-11-5-7-13-20(18)22(21)15-24-23;1-2-6-10(7-3-1)11-8-4-5-9-12-11;/h1-8,10-15H;1-6,8-9H;/q2*-1;. The van der Waals surface area contributed by atoms with Crippen molar-refractivity contribution in [1.82, 2.24) is 9.97 Å². The van der Waals surface area contributed by atoms with Crippen LogP contribution >= 0.6 is 0 Å². The molecule has 0 aliphatic heterocycles. The van der Waals surface area contributed by atoms with Gasteiger partial charge in [0.1, 0.15) is 0 Å². The van der Waals surface area contributed by atoms with Crippen LogP contribution in [0.1, 0.15) is 0 Å². The molecule has 7 rings (SSSR count). The van der Waals surface area contributed by atoms with E-state index in [1.807, 2.05) is 66.9 Å². The Bertz CT molecular complexity index is 1690. The molecule has 179 valence electrons. The molecule has 0 unspecified atom stereocenters. The van der Waals surface area contributed by atoms with E-state index >= 15 is 0 Å². The molecule has 0 bridgehead atoms. The molecule has 0 aliphatic rings. The van der Waals surface area contributed by atoms with Gasteiger partial charge in [-0.1, -0.05) is 66.7 Å². The molecule has 3 heteroatoms. The summed E-state index contributed by atoms with van der Waals surface area (Å²) < 4.78 is 0. The summed E-state index contributed by atoms with van der Waals surface area (Å²) in [5.41, 5.74) is 4.00. The first kappa shape index (κ1) is 24.5. The summed E-state index contributed by atoms with van der Waals surface area (Å²) in [6, 6.07) is 47.4. The van der Waals surface area contributed by atoms with Crippen molar-refractivity contribution in [3.05, 3.63) is 146 Å². The van der Waals surface area contributed by atoms with Gasteiger partial charge in [-0.3, -0.25) is 0 Å². The molecular formula is C34H22IrN2-2. The van der Waals surface area contributed by atoms with E-state index in [0.717, 1.165) is 22.5 Å². The number of pyridine rings is 2. The summed E-state index contributed by atoms with van der Waals surface area (Å²) in [6.07, 6.45) is 3.79. The quantitative estimate of drug-likeness (QED) is 0.138. The number of hydrogen-bond acceptors (Lipinski definition) is 2. The van der Waals surface area contributed by atoms with Gasteiger partial charge in [0.25, 0.3) is 0 Å². The van der Waals surface area contributed by atoms with Gasteiger partial charge in [0.2, 0.25) is 0 Å². The second kappa shape index (κ2) is 11.3. The normalized spacial score (nSPS) is 10.5. The Morgan fingerprint density at radius 3 is 1.49 bits per heavy atom. The molecule has 2 nitrogen and oxygen atoms in total. The van der Waals surface area contributed by atoms with E-state index in [1.165, 1.54) is 32.3 Å². The molecule has 0 saturated heterocycles. The minimum absolute atomic E-state index is 0. The second-order valence-electron chi connectivity index (χ2n) is 8.47. The molecule has 5 aromatic carbocycles. The van der Waals surface area contributed by atoms with Crippen molar-refractivity contribution >= 4 is 32.3 Å². The maximum absolute atomic E-state index is 4.70. The molecule has 7 aromatic rings. The largest absolute Gasteiger partial charge is 0.305 e. The van der Waals surface area contributed by atoms with Crippen LogP contribution in [0.4, 0.5) is 0 Å². The summed E-state index contributed by atoms with van der Waals surface area (Å²) in [5, 5.41) is 7.53. The van der Waals surface area contributed by atoms with Crippen LogP contribution < -0.4 is 0 Å². The van der Waals surface area contributed by atoms with Crippen molar-refractivity contribution < 1.29 is 20.1 Å². The van der Waals surface area contributed by atoms with Crippen molar-refractivity contribution in [3.63, 3.8) is 0 Å². The van der Waals surface area contributed by atoms with E-state index in [2.05, 4.69) is 77.8 Å². The van der Waals surface area contributed by atoms with Crippen LogP contribution in [0.3, 0.4) is 0 Å².